The van der Waals surface area contributed by atoms with E-state index in [1.807, 2.05) is 0 Å². The topological polar surface area (TPSA) is 206 Å². The summed E-state index contributed by atoms with van der Waals surface area (Å²) < 4.78 is 0. The molecule has 0 bridgehead atoms. The van der Waals surface area contributed by atoms with E-state index in [1.54, 1.807) is 0 Å². The summed E-state index contributed by atoms with van der Waals surface area (Å²) in [5.41, 5.74) is 11.0. The monoisotopic (exact) mass is 415 g/mol. The van der Waals surface area contributed by atoms with Crippen molar-refractivity contribution in [2.75, 3.05) is 23.3 Å². The van der Waals surface area contributed by atoms with Crippen molar-refractivity contribution in [1.82, 2.24) is 20.3 Å². The number of amides is 2. The number of rotatable bonds is 9. The predicted octanol–water partition coefficient (Wildman–Crippen LogP) is -0.252. The summed E-state index contributed by atoms with van der Waals surface area (Å²) in [6, 6.07) is 2.85. The summed E-state index contributed by atoms with van der Waals surface area (Å²) in [6.07, 6.45) is 1.22. The van der Waals surface area contributed by atoms with Gasteiger partial charge in [-0.15, -0.1) is 0 Å². The molecule has 2 heterocycles. The standard InChI is InChI=1S/C18H21N7O5/c1-2-10-11(5-6-12(22-10)17(30)21-7-3-4-14(27)28)23-13(26)8-9-15(19)24-18(20)25-16(9)29/h2,5-6H,1,3-4,7-8H2,(H,21,30)(H,23,26)(H,27,28)(H5,19,20,24,25,29). The molecule has 0 aliphatic rings. The molecule has 0 saturated heterocycles. The molecular weight excluding hydrogens is 394 g/mol. The van der Waals surface area contributed by atoms with Crippen LogP contribution in [-0.2, 0) is 16.0 Å². The Morgan fingerprint density at radius 1 is 1.23 bits per heavy atom. The van der Waals surface area contributed by atoms with Crippen LogP contribution >= 0.6 is 0 Å². The average Bonchev–Trinajstić information content (AvgIpc) is 2.68. The number of nitrogens with zero attached hydrogens (tertiary/aromatic N) is 2. The Hall–Kier alpha value is -4.22. The SMILES string of the molecule is C=Cc1nc(C(=O)NCCCC(=O)O)ccc1NC(=O)Cc1c(N)nc(N)[nH]c1=O. The minimum atomic E-state index is -0.949. The summed E-state index contributed by atoms with van der Waals surface area (Å²) in [4.78, 5) is 56.9. The summed E-state index contributed by atoms with van der Waals surface area (Å²) in [5.74, 6) is -2.31. The lowest BCUT2D eigenvalue weighted by Gasteiger charge is -2.11. The molecule has 158 valence electrons. The molecule has 0 atom stereocenters. The van der Waals surface area contributed by atoms with Crippen LogP contribution in [-0.4, -0.2) is 44.4 Å². The van der Waals surface area contributed by atoms with Gasteiger partial charge in [0.25, 0.3) is 11.5 Å². The quantitative estimate of drug-likeness (QED) is 0.298. The molecule has 0 aliphatic carbocycles. The first-order valence-corrected chi connectivity index (χ1v) is 8.78. The van der Waals surface area contributed by atoms with Crippen molar-refractivity contribution < 1.29 is 19.5 Å². The van der Waals surface area contributed by atoms with E-state index in [9.17, 15) is 19.2 Å². The number of aliphatic carboxylic acids is 1. The Morgan fingerprint density at radius 2 is 1.97 bits per heavy atom. The molecule has 0 saturated carbocycles. The first kappa shape index (κ1) is 22.1. The number of nitrogen functional groups attached to an aromatic ring is 2. The molecule has 12 nitrogen and oxygen atoms in total. The predicted molar refractivity (Wildman–Crippen MR) is 110 cm³/mol. The van der Waals surface area contributed by atoms with Crippen molar-refractivity contribution in [1.29, 1.82) is 0 Å². The lowest BCUT2D eigenvalue weighted by Crippen LogP contribution is -2.26. The molecule has 2 aromatic heterocycles. The minimum Gasteiger partial charge on any atom is -0.481 e. The normalized spacial score (nSPS) is 10.3. The second-order valence-corrected chi connectivity index (χ2v) is 6.13. The fourth-order valence-electron chi connectivity index (χ4n) is 2.45. The van der Waals surface area contributed by atoms with E-state index in [4.69, 9.17) is 16.6 Å². The number of H-pyrrole nitrogens is 1. The van der Waals surface area contributed by atoms with Crippen LogP contribution in [0.15, 0.2) is 23.5 Å². The van der Waals surface area contributed by atoms with Crippen LogP contribution in [0.1, 0.15) is 34.6 Å². The van der Waals surface area contributed by atoms with Crippen LogP contribution < -0.4 is 27.7 Å². The third kappa shape index (κ3) is 5.89. The van der Waals surface area contributed by atoms with Gasteiger partial charge >= 0.3 is 5.97 Å². The number of nitrogens with two attached hydrogens (primary N) is 2. The highest BCUT2D eigenvalue weighted by Gasteiger charge is 2.15. The van der Waals surface area contributed by atoms with Crippen LogP contribution in [0.4, 0.5) is 17.5 Å². The van der Waals surface area contributed by atoms with Gasteiger partial charge in [-0.3, -0.25) is 24.2 Å². The number of aromatic nitrogens is 3. The maximum atomic E-state index is 12.3. The number of nitrogens with one attached hydrogen (secondary N) is 3. The molecular formula is C18H21N7O5. The number of anilines is 3. The number of hydrogen-bond donors (Lipinski definition) is 6. The Kier molecular flexibility index (Phi) is 7.22. The van der Waals surface area contributed by atoms with E-state index in [1.165, 1.54) is 18.2 Å². The van der Waals surface area contributed by atoms with Gasteiger partial charge in [-0.1, -0.05) is 6.58 Å². The molecule has 0 spiro atoms. The number of hydrogen-bond acceptors (Lipinski definition) is 8. The summed E-state index contributed by atoms with van der Waals surface area (Å²) in [5, 5.41) is 13.7. The number of carboxylic acid groups (broad SMARTS) is 1. The van der Waals surface area contributed by atoms with Crippen LogP contribution in [0.5, 0.6) is 0 Å². The van der Waals surface area contributed by atoms with Gasteiger partial charge < -0.3 is 27.2 Å². The Morgan fingerprint density at radius 3 is 2.60 bits per heavy atom. The van der Waals surface area contributed by atoms with Crippen LogP contribution in [0.3, 0.4) is 0 Å². The summed E-state index contributed by atoms with van der Waals surface area (Å²) in [7, 11) is 0. The molecule has 2 rings (SSSR count). The van der Waals surface area contributed by atoms with E-state index in [-0.39, 0.29) is 60.2 Å². The molecule has 0 unspecified atom stereocenters. The molecule has 0 fully saturated rings. The lowest BCUT2D eigenvalue weighted by atomic mass is 10.2. The minimum absolute atomic E-state index is 0.0350. The fourth-order valence-corrected chi connectivity index (χ4v) is 2.45. The molecule has 0 aliphatic heterocycles. The molecule has 12 heteroatoms. The average molecular weight is 415 g/mol. The number of aromatic amines is 1. The van der Waals surface area contributed by atoms with E-state index in [0.29, 0.717) is 0 Å². The second kappa shape index (κ2) is 9.82. The van der Waals surface area contributed by atoms with Crippen molar-refractivity contribution in [2.24, 2.45) is 0 Å². The Labute approximate surface area is 170 Å². The second-order valence-electron chi connectivity index (χ2n) is 6.13. The first-order chi connectivity index (χ1) is 14.2. The highest BCUT2D eigenvalue weighted by atomic mass is 16.4. The molecule has 2 aromatic rings. The highest BCUT2D eigenvalue weighted by molar-refractivity contribution is 5.96. The zero-order valence-electron chi connectivity index (χ0n) is 15.9. The van der Waals surface area contributed by atoms with Crippen molar-refractivity contribution >= 4 is 41.3 Å². The third-order valence-corrected chi connectivity index (χ3v) is 3.88. The van der Waals surface area contributed by atoms with Crippen molar-refractivity contribution in [3.05, 3.63) is 46.0 Å². The van der Waals surface area contributed by atoms with E-state index in [0.717, 1.165) is 0 Å². The van der Waals surface area contributed by atoms with Gasteiger partial charge in [0.15, 0.2) is 0 Å². The molecule has 8 N–H and O–H groups in total. The largest absolute Gasteiger partial charge is 0.481 e. The molecule has 30 heavy (non-hydrogen) atoms. The Balaban J connectivity index is 2.07. The zero-order valence-corrected chi connectivity index (χ0v) is 15.9. The first-order valence-electron chi connectivity index (χ1n) is 8.78. The van der Waals surface area contributed by atoms with E-state index < -0.39 is 23.3 Å². The summed E-state index contributed by atoms with van der Waals surface area (Å²) in [6.45, 7) is 3.79. The fraction of sp³-hybridized carbons (Fsp3) is 0.222. The van der Waals surface area contributed by atoms with Crippen LogP contribution in [0, 0.1) is 0 Å². The van der Waals surface area contributed by atoms with Crippen molar-refractivity contribution in [3.8, 4) is 0 Å². The van der Waals surface area contributed by atoms with Crippen LogP contribution in [0.25, 0.3) is 6.08 Å². The van der Waals surface area contributed by atoms with Gasteiger partial charge in [-0.05, 0) is 24.6 Å². The van der Waals surface area contributed by atoms with Gasteiger partial charge in [0.05, 0.1) is 23.4 Å². The van der Waals surface area contributed by atoms with Crippen molar-refractivity contribution in [2.45, 2.75) is 19.3 Å². The van der Waals surface area contributed by atoms with E-state index in [2.05, 4.69) is 32.2 Å². The van der Waals surface area contributed by atoms with Crippen LogP contribution in [0.2, 0.25) is 0 Å². The number of carbonyl (C=O) groups is 3. The van der Waals surface area contributed by atoms with Gasteiger partial charge in [-0.2, -0.15) is 4.98 Å². The molecule has 0 radical (unpaired) electrons. The zero-order chi connectivity index (χ0) is 22.3. The van der Waals surface area contributed by atoms with Gasteiger partial charge in [0.1, 0.15) is 11.5 Å². The lowest BCUT2D eigenvalue weighted by molar-refractivity contribution is -0.137. The van der Waals surface area contributed by atoms with Gasteiger partial charge in [0, 0.05) is 13.0 Å². The maximum absolute atomic E-state index is 12.3. The van der Waals surface area contributed by atoms with Crippen molar-refractivity contribution in [3.63, 3.8) is 0 Å². The number of carboxylic acids is 1. The maximum Gasteiger partial charge on any atom is 0.303 e. The van der Waals surface area contributed by atoms with Gasteiger partial charge in [-0.25, -0.2) is 4.98 Å². The third-order valence-electron chi connectivity index (χ3n) is 3.88. The number of pyridine rings is 1. The molecule has 2 amide bonds. The smallest absolute Gasteiger partial charge is 0.303 e. The summed E-state index contributed by atoms with van der Waals surface area (Å²) >= 11 is 0. The number of carbonyl (C=O) groups excluding carboxylic acids is 2. The highest BCUT2D eigenvalue weighted by Crippen LogP contribution is 2.16. The van der Waals surface area contributed by atoms with Gasteiger partial charge in [0.2, 0.25) is 11.9 Å². The van der Waals surface area contributed by atoms with E-state index >= 15 is 0 Å². The Bertz CT molecular complexity index is 1050. The molecule has 0 aromatic carbocycles.